The van der Waals surface area contributed by atoms with Crippen LogP contribution >= 0.6 is 11.8 Å². The maximum Gasteiger partial charge on any atom is 0.239 e. The van der Waals surface area contributed by atoms with Gasteiger partial charge in [0.15, 0.2) is 0 Å². The van der Waals surface area contributed by atoms with E-state index in [0.717, 1.165) is 22.0 Å². The van der Waals surface area contributed by atoms with Crippen molar-refractivity contribution in [3.8, 4) is 5.69 Å². The minimum Gasteiger partial charge on any atom is -0.324 e. The highest BCUT2D eigenvalue weighted by molar-refractivity contribution is 7.98. The third-order valence-electron chi connectivity index (χ3n) is 4.95. The van der Waals surface area contributed by atoms with Gasteiger partial charge in [0.05, 0.1) is 30.2 Å². The largest absolute Gasteiger partial charge is 0.324 e. The summed E-state index contributed by atoms with van der Waals surface area (Å²) in [5.41, 5.74) is 2.35. The van der Waals surface area contributed by atoms with E-state index in [4.69, 9.17) is 5.10 Å². The fourth-order valence-corrected chi connectivity index (χ4v) is 3.82. The second-order valence-electron chi connectivity index (χ2n) is 8.88. The molecule has 3 aromatic rings. The monoisotopic (exact) mass is 465 g/mol. The minimum absolute atomic E-state index is 0.0718. The molecule has 0 fully saturated rings. The van der Waals surface area contributed by atoms with E-state index in [2.05, 4.69) is 31.4 Å². The zero-order valence-corrected chi connectivity index (χ0v) is 20.6. The average Bonchev–Trinajstić information content (AvgIpc) is 3.18. The Hall–Kier alpha value is -3.10. The van der Waals surface area contributed by atoms with Crippen LogP contribution < -0.4 is 10.6 Å². The molecule has 3 rings (SSSR count). The maximum absolute atomic E-state index is 12.8. The zero-order chi connectivity index (χ0) is 24.0. The van der Waals surface area contributed by atoms with E-state index in [0.29, 0.717) is 5.82 Å². The van der Waals surface area contributed by atoms with Gasteiger partial charge in [-0.1, -0.05) is 51.1 Å². The summed E-state index contributed by atoms with van der Waals surface area (Å²) in [5.74, 6) is 0.214. The quantitative estimate of drug-likeness (QED) is 0.482. The Morgan fingerprint density at radius 2 is 1.58 bits per heavy atom. The summed E-state index contributed by atoms with van der Waals surface area (Å²) in [5, 5.41) is 10.6. The summed E-state index contributed by atoms with van der Waals surface area (Å²) in [6.45, 7) is 6.41. The molecule has 0 unspecified atom stereocenters. The number of hydrogen-bond donors (Lipinski definition) is 2. The number of carbonyl (C=O) groups is 2. The van der Waals surface area contributed by atoms with Crippen molar-refractivity contribution in [3.05, 3.63) is 66.4 Å². The number of para-hydroxylation sites is 2. The highest BCUT2D eigenvalue weighted by atomic mass is 32.2. The van der Waals surface area contributed by atoms with Crippen molar-refractivity contribution < 1.29 is 9.59 Å². The Morgan fingerprint density at radius 3 is 2.21 bits per heavy atom. The summed E-state index contributed by atoms with van der Waals surface area (Å²) in [6, 6.07) is 19.2. The molecule has 7 nitrogen and oxygen atoms in total. The Kier molecular flexibility index (Phi) is 7.94. The molecule has 1 heterocycles. The lowest BCUT2D eigenvalue weighted by Crippen LogP contribution is -2.36. The van der Waals surface area contributed by atoms with Crippen LogP contribution in [0.15, 0.2) is 65.6 Å². The van der Waals surface area contributed by atoms with Crippen molar-refractivity contribution in [2.45, 2.75) is 31.1 Å². The topological polar surface area (TPSA) is 79.3 Å². The highest BCUT2D eigenvalue weighted by Crippen LogP contribution is 2.26. The molecule has 0 radical (unpaired) electrons. The number of carbonyl (C=O) groups excluding carboxylic acids is 2. The molecule has 33 heavy (non-hydrogen) atoms. The summed E-state index contributed by atoms with van der Waals surface area (Å²) in [6.07, 6.45) is 1.96. The predicted octanol–water partition coefficient (Wildman–Crippen LogP) is 4.40. The highest BCUT2D eigenvalue weighted by Gasteiger charge is 2.22. The molecular weight excluding hydrogens is 434 g/mol. The van der Waals surface area contributed by atoms with Crippen molar-refractivity contribution >= 4 is 35.1 Å². The lowest BCUT2D eigenvalue weighted by molar-refractivity contribution is -0.119. The lowest BCUT2D eigenvalue weighted by atomic mass is 9.92. The van der Waals surface area contributed by atoms with Crippen LogP contribution in [0.2, 0.25) is 0 Å². The Morgan fingerprint density at radius 1 is 0.970 bits per heavy atom. The SMILES string of the molecule is CSc1ccccc1NC(=O)CN(C)CC(=O)Nc1cc(C(C)(C)C)nn1-c1ccccc1. The molecule has 0 aliphatic carbocycles. The van der Waals surface area contributed by atoms with Gasteiger partial charge in [-0.3, -0.25) is 14.5 Å². The Bertz CT molecular complexity index is 1110. The second kappa shape index (κ2) is 10.7. The fourth-order valence-electron chi connectivity index (χ4n) is 3.27. The summed E-state index contributed by atoms with van der Waals surface area (Å²) >= 11 is 1.57. The van der Waals surface area contributed by atoms with Gasteiger partial charge in [0.25, 0.3) is 0 Å². The number of nitrogens with zero attached hydrogens (tertiary/aromatic N) is 3. The van der Waals surface area contributed by atoms with E-state index in [1.54, 1.807) is 28.4 Å². The van der Waals surface area contributed by atoms with Crippen LogP contribution in [0.3, 0.4) is 0 Å². The minimum atomic E-state index is -0.215. The van der Waals surface area contributed by atoms with E-state index in [1.807, 2.05) is 66.9 Å². The van der Waals surface area contributed by atoms with E-state index in [-0.39, 0.29) is 30.3 Å². The maximum atomic E-state index is 12.8. The first-order chi connectivity index (χ1) is 15.7. The number of likely N-dealkylation sites (N-methyl/N-ethyl adjacent to an activating group) is 1. The number of aromatic nitrogens is 2. The molecular formula is C25H31N5O2S. The molecule has 0 aliphatic rings. The standard InChI is InChI=1S/C25H31N5O2S/c1-25(2,3)21-15-22(30(28-21)18-11-7-6-8-12-18)27-24(32)17-29(4)16-23(31)26-19-13-9-10-14-20(19)33-5/h6-15H,16-17H2,1-5H3,(H,26,31)(H,27,32). The molecule has 2 N–H and O–H groups in total. The number of benzene rings is 2. The third kappa shape index (κ3) is 6.69. The van der Waals surface area contributed by atoms with Gasteiger partial charge in [0.1, 0.15) is 5.82 Å². The van der Waals surface area contributed by atoms with Crippen LogP contribution in [0.4, 0.5) is 11.5 Å². The molecule has 0 saturated heterocycles. The predicted molar refractivity (Wildman–Crippen MR) is 135 cm³/mol. The number of hydrogen-bond acceptors (Lipinski definition) is 5. The molecule has 0 spiro atoms. The van der Waals surface area contributed by atoms with E-state index in [1.165, 1.54) is 0 Å². The van der Waals surface area contributed by atoms with E-state index in [9.17, 15) is 9.59 Å². The van der Waals surface area contributed by atoms with Crippen LogP contribution in [0.1, 0.15) is 26.5 Å². The van der Waals surface area contributed by atoms with Crippen molar-refractivity contribution in [2.24, 2.45) is 0 Å². The first kappa shape index (κ1) is 24.5. The summed E-state index contributed by atoms with van der Waals surface area (Å²) < 4.78 is 1.74. The van der Waals surface area contributed by atoms with E-state index < -0.39 is 0 Å². The second-order valence-corrected chi connectivity index (χ2v) is 9.73. The smallest absolute Gasteiger partial charge is 0.239 e. The average molecular weight is 466 g/mol. The zero-order valence-electron chi connectivity index (χ0n) is 19.8. The Balaban J connectivity index is 1.65. The first-order valence-corrected chi connectivity index (χ1v) is 12.0. The van der Waals surface area contributed by atoms with Gasteiger partial charge in [0, 0.05) is 16.4 Å². The van der Waals surface area contributed by atoms with Crippen molar-refractivity contribution in [2.75, 3.05) is 37.0 Å². The van der Waals surface area contributed by atoms with Crippen LogP contribution in [-0.4, -0.2) is 52.9 Å². The molecule has 0 bridgehead atoms. The molecule has 8 heteroatoms. The number of rotatable bonds is 8. The molecule has 0 aliphatic heterocycles. The van der Waals surface area contributed by atoms with Crippen molar-refractivity contribution in [1.82, 2.24) is 14.7 Å². The third-order valence-corrected chi connectivity index (χ3v) is 5.75. The summed E-state index contributed by atoms with van der Waals surface area (Å²) in [7, 11) is 1.74. The first-order valence-electron chi connectivity index (χ1n) is 10.7. The van der Waals surface area contributed by atoms with E-state index >= 15 is 0 Å². The van der Waals surface area contributed by atoms with Gasteiger partial charge in [-0.05, 0) is 37.6 Å². The van der Waals surface area contributed by atoms with Gasteiger partial charge in [-0.25, -0.2) is 4.68 Å². The number of anilines is 2. The molecule has 0 atom stereocenters. The molecule has 2 aromatic carbocycles. The normalized spacial score (nSPS) is 11.5. The van der Waals surface area contributed by atoms with Crippen molar-refractivity contribution in [3.63, 3.8) is 0 Å². The molecule has 0 saturated carbocycles. The van der Waals surface area contributed by atoms with Gasteiger partial charge in [-0.15, -0.1) is 11.8 Å². The number of amides is 2. The lowest BCUT2D eigenvalue weighted by Gasteiger charge is -2.17. The van der Waals surface area contributed by atoms with Crippen molar-refractivity contribution in [1.29, 1.82) is 0 Å². The van der Waals surface area contributed by atoms with Crippen LogP contribution in [0, 0.1) is 0 Å². The van der Waals surface area contributed by atoms with Gasteiger partial charge < -0.3 is 10.6 Å². The number of thioether (sulfide) groups is 1. The van der Waals surface area contributed by atoms with Gasteiger partial charge >= 0.3 is 0 Å². The number of nitrogens with one attached hydrogen (secondary N) is 2. The van der Waals surface area contributed by atoms with Gasteiger partial charge in [0.2, 0.25) is 11.8 Å². The summed E-state index contributed by atoms with van der Waals surface area (Å²) in [4.78, 5) is 27.9. The molecule has 174 valence electrons. The van der Waals surface area contributed by atoms with Crippen LogP contribution in [-0.2, 0) is 15.0 Å². The van der Waals surface area contributed by atoms with Crippen LogP contribution in [0.25, 0.3) is 5.69 Å². The van der Waals surface area contributed by atoms with Crippen LogP contribution in [0.5, 0.6) is 0 Å². The molecule has 1 aromatic heterocycles. The van der Waals surface area contributed by atoms with Gasteiger partial charge in [-0.2, -0.15) is 5.10 Å². The molecule has 2 amide bonds. The Labute approximate surface area is 199 Å². The fraction of sp³-hybridized carbons (Fsp3) is 0.320.